The SMILES string of the molecule is CCC(O)c1ccc(-c2cc(C(F)(F)F)c3c(N)ncnn23)cc1N1CCN(C(C)=O)C(C)(C)C1=O. The van der Waals surface area contributed by atoms with Crippen LogP contribution in [-0.2, 0) is 15.8 Å². The molecule has 12 heteroatoms. The number of benzene rings is 1. The summed E-state index contributed by atoms with van der Waals surface area (Å²) in [6, 6.07) is 5.66. The summed E-state index contributed by atoms with van der Waals surface area (Å²) in [4.78, 5) is 32.3. The fourth-order valence-electron chi connectivity index (χ4n) is 4.74. The molecule has 192 valence electrons. The van der Waals surface area contributed by atoms with Crippen molar-refractivity contribution in [2.24, 2.45) is 0 Å². The van der Waals surface area contributed by atoms with Gasteiger partial charge in [-0.3, -0.25) is 9.59 Å². The summed E-state index contributed by atoms with van der Waals surface area (Å²) in [5.41, 5.74) is 4.50. The molecule has 2 aromatic heterocycles. The summed E-state index contributed by atoms with van der Waals surface area (Å²) in [7, 11) is 0. The van der Waals surface area contributed by atoms with E-state index in [9.17, 15) is 27.9 Å². The van der Waals surface area contributed by atoms with E-state index in [0.717, 1.165) is 16.9 Å². The van der Waals surface area contributed by atoms with Crippen molar-refractivity contribution >= 4 is 28.8 Å². The van der Waals surface area contributed by atoms with Gasteiger partial charge in [0.1, 0.15) is 17.4 Å². The first-order valence-corrected chi connectivity index (χ1v) is 11.4. The number of nitrogen functional groups attached to an aromatic ring is 1. The molecule has 0 aliphatic carbocycles. The second-order valence-electron chi connectivity index (χ2n) is 9.23. The highest BCUT2D eigenvalue weighted by Crippen LogP contribution is 2.41. The zero-order valence-electron chi connectivity index (χ0n) is 20.3. The number of hydrogen-bond donors (Lipinski definition) is 2. The Morgan fingerprint density at radius 1 is 1.25 bits per heavy atom. The summed E-state index contributed by atoms with van der Waals surface area (Å²) in [6.45, 7) is 6.86. The van der Waals surface area contributed by atoms with Gasteiger partial charge in [0.05, 0.1) is 23.0 Å². The first-order chi connectivity index (χ1) is 16.8. The molecule has 0 spiro atoms. The Hall–Kier alpha value is -3.67. The van der Waals surface area contributed by atoms with E-state index in [2.05, 4.69) is 10.1 Å². The van der Waals surface area contributed by atoms with Crippen molar-refractivity contribution in [3.8, 4) is 11.3 Å². The third-order valence-corrected chi connectivity index (χ3v) is 6.62. The molecule has 1 atom stereocenters. The molecular weight excluding hydrogens is 477 g/mol. The molecule has 2 amide bonds. The van der Waals surface area contributed by atoms with Crippen LogP contribution in [-0.4, -0.2) is 55.0 Å². The molecule has 1 saturated heterocycles. The van der Waals surface area contributed by atoms with Gasteiger partial charge in [-0.05, 0) is 32.4 Å². The number of hydrogen-bond acceptors (Lipinski definition) is 6. The molecule has 3 heterocycles. The van der Waals surface area contributed by atoms with Crippen LogP contribution in [0.3, 0.4) is 0 Å². The van der Waals surface area contributed by atoms with Gasteiger partial charge in [0.15, 0.2) is 5.82 Å². The smallest absolute Gasteiger partial charge is 0.388 e. The van der Waals surface area contributed by atoms with Gasteiger partial charge in [-0.2, -0.15) is 18.3 Å². The lowest BCUT2D eigenvalue weighted by molar-refractivity contribution is -0.145. The second-order valence-corrected chi connectivity index (χ2v) is 9.23. The average molecular weight is 505 g/mol. The standard InChI is InChI=1S/C24H27F3N6O3/c1-5-19(35)15-7-6-14(10-18(15)31-8-9-32(13(2)34)23(3,4)22(31)36)17-11-16(24(25,26)27)20-21(28)29-12-30-33(17)20/h6-7,10-12,19,35H,5,8-9H2,1-4H3,(H2,28,29,30). The lowest BCUT2D eigenvalue weighted by Gasteiger charge is -2.46. The maximum atomic E-state index is 13.8. The highest BCUT2D eigenvalue weighted by Gasteiger charge is 2.44. The summed E-state index contributed by atoms with van der Waals surface area (Å²) < 4.78 is 42.5. The number of aromatic nitrogens is 3. The first kappa shape index (κ1) is 25.4. The molecule has 1 fully saturated rings. The number of nitrogens with zero attached hydrogens (tertiary/aromatic N) is 5. The third-order valence-electron chi connectivity index (χ3n) is 6.62. The van der Waals surface area contributed by atoms with E-state index in [-0.39, 0.29) is 41.9 Å². The van der Waals surface area contributed by atoms with Gasteiger partial charge in [-0.15, -0.1) is 0 Å². The van der Waals surface area contributed by atoms with Gasteiger partial charge in [0.25, 0.3) is 5.91 Å². The average Bonchev–Trinajstić information content (AvgIpc) is 3.21. The predicted molar refractivity (Wildman–Crippen MR) is 127 cm³/mol. The third kappa shape index (κ3) is 4.04. The topological polar surface area (TPSA) is 117 Å². The summed E-state index contributed by atoms with van der Waals surface area (Å²) in [6.07, 6.45) is -4.20. The van der Waals surface area contributed by atoms with Crippen LogP contribution in [0.5, 0.6) is 0 Å². The number of piperazine rings is 1. The summed E-state index contributed by atoms with van der Waals surface area (Å²) >= 11 is 0. The van der Waals surface area contributed by atoms with E-state index in [1.54, 1.807) is 39.0 Å². The molecular formula is C24H27F3N6O3. The fourth-order valence-corrected chi connectivity index (χ4v) is 4.74. The zero-order valence-corrected chi connectivity index (χ0v) is 20.3. The van der Waals surface area contributed by atoms with Crippen LogP contribution in [0.4, 0.5) is 24.7 Å². The van der Waals surface area contributed by atoms with E-state index in [4.69, 9.17) is 5.73 Å². The number of aliphatic hydroxyl groups excluding tert-OH is 1. The van der Waals surface area contributed by atoms with Crippen molar-refractivity contribution in [3.63, 3.8) is 0 Å². The minimum atomic E-state index is -4.70. The molecule has 1 aliphatic rings. The normalized spacial score (nSPS) is 17.1. The van der Waals surface area contributed by atoms with E-state index in [1.165, 1.54) is 16.7 Å². The van der Waals surface area contributed by atoms with Crippen LogP contribution in [0.15, 0.2) is 30.6 Å². The monoisotopic (exact) mass is 504 g/mol. The Morgan fingerprint density at radius 3 is 2.56 bits per heavy atom. The number of rotatable bonds is 4. The molecule has 1 unspecified atom stereocenters. The van der Waals surface area contributed by atoms with Crippen LogP contribution in [0.25, 0.3) is 16.8 Å². The summed E-state index contributed by atoms with van der Waals surface area (Å²) in [5.74, 6) is -0.931. The van der Waals surface area contributed by atoms with E-state index >= 15 is 0 Å². The van der Waals surface area contributed by atoms with E-state index < -0.39 is 23.4 Å². The number of carbonyl (C=O) groups is 2. The number of nitrogens with two attached hydrogens (primary N) is 1. The molecule has 0 bridgehead atoms. The van der Waals surface area contributed by atoms with Gasteiger partial charge in [0, 0.05) is 31.1 Å². The van der Waals surface area contributed by atoms with Gasteiger partial charge in [0.2, 0.25) is 5.91 Å². The van der Waals surface area contributed by atoms with Crippen molar-refractivity contribution in [2.45, 2.75) is 51.9 Å². The number of fused-ring (bicyclic) bond motifs is 1. The van der Waals surface area contributed by atoms with Crippen LogP contribution < -0.4 is 10.6 Å². The Labute approximate surface area is 205 Å². The zero-order chi connectivity index (χ0) is 26.6. The lowest BCUT2D eigenvalue weighted by Crippen LogP contribution is -2.64. The fraction of sp³-hybridized carbons (Fsp3) is 0.417. The van der Waals surface area contributed by atoms with Crippen LogP contribution >= 0.6 is 0 Å². The number of anilines is 2. The number of amides is 2. The lowest BCUT2D eigenvalue weighted by atomic mass is 9.94. The number of carbonyl (C=O) groups excluding carboxylic acids is 2. The van der Waals surface area contributed by atoms with Crippen molar-refractivity contribution in [1.29, 1.82) is 0 Å². The van der Waals surface area contributed by atoms with Crippen molar-refractivity contribution in [2.75, 3.05) is 23.7 Å². The predicted octanol–water partition coefficient (Wildman–Crippen LogP) is 3.41. The molecule has 0 saturated carbocycles. The molecule has 3 aromatic rings. The molecule has 9 nitrogen and oxygen atoms in total. The van der Waals surface area contributed by atoms with Gasteiger partial charge in [-0.25, -0.2) is 9.50 Å². The Balaban J connectivity index is 1.92. The second kappa shape index (κ2) is 8.77. The quantitative estimate of drug-likeness (QED) is 0.563. The highest BCUT2D eigenvalue weighted by molar-refractivity contribution is 6.03. The molecule has 3 N–H and O–H groups in total. The Bertz CT molecular complexity index is 1350. The Kier molecular flexibility index (Phi) is 6.19. The highest BCUT2D eigenvalue weighted by atomic mass is 19.4. The van der Waals surface area contributed by atoms with Crippen molar-refractivity contribution < 1.29 is 27.9 Å². The number of alkyl halides is 3. The van der Waals surface area contributed by atoms with Gasteiger partial charge >= 0.3 is 6.18 Å². The van der Waals surface area contributed by atoms with Gasteiger partial charge in [-0.1, -0.05) is 19.1 Å². The molecule has 0 radical (unpaired) electrons. The molecule has 1 aliphatic heterocycles. The van der Waals surface area contributed by atoms with E-state index in [0.29, 0.717) is 23.2 Å². The molecule has 4 rings (SSSR count). The first-order valence-electron chi connectivity index (χ1n) is 11.4. The minimum Gasteiger partial charge on any atom is -0.388 e. The number of halogens is 3. The van der Waals surface area contributed by atoms with Crippen LogP contribution in [0, 0.1) is 0 Å². The number of aliphatic hydroxyl groups is 1. The van der Waals surface area contributed by atoms with Crippen LogP contribution in [0.1, 0.15) is 51.3 Å². The summed E-state index contributed by atoms with van der Waals surface area (Å²) in [5, 5.41) is 14.7. The van der Waals surface area contributed by atoms with E-state index in [1.807, 2.05) is 0 Å². The van der Waals surface area contributed by atoms with Crippen LogP contribution in [0.2, 0.25) is 0 Å². The largest absolute Gasteiger partial charge is 0.418 e. The minimum absolute atomic E-state index is 0.0966. The Morgan fingerprint density at radius 2 is 1.94 bits per heavy atom. The molecule has 1 aromatic carbocycles. The van der Waals surface area contributed by atoms with Crippen molar-refractivity contribution in [1.82, 2.24) is 19.5 Å². The van der Waals surface area contributed by atoms with Crippen molar-refractivity contribution in [3.05, 3.63) is 41.7 Å². The maximum absolute atomic E-state index is 13.8. The molecule has 36 heavy (non-hydrogen) atoms. The van der Waals surface area contributed by atoms with Gasteiger partial charge < -0.3 is 20.6 Å². The maximum Gasteiger partial charge on any atom is 0.418 e.